The maximum atomic E-state index is 13.2. The van der Waals surface area contributed by atoms with Crippen molar-refractivity contribution in [3.05, 3.63) is 107 Å². The number of sulfone groups is 1. The number of hydrogen-bond acceptors (Lipinski definition) is 7. The Balaban J connectivity index is 1.86. The Morgan fingerprint density at radius 3 is 2.16 bits per heavy atom. The number of ether oxygens (including phenoxy) is 1. The molecule has 0 spiro atoms. The van der Waals surface area contributed by atoms with Crippen molar-refractivity contribution in [2.45, 2.75) is 11.0 Å². The van der Waals surface area contributed by atoms with Crippen molar-refractivity contribution in [2.24, 2.45) is 0 Å². The Morgan fingerprint density at radius 2 is 1.56 bits per heavy atom. The Labute approximate surface area is 185 Å². The van der Waals surface area contributed by atoms with Crippen LogP contribution >= 0.6 is 0 Å². The summed E-state index contributed by atoms with van der Waals surface area (Å²) in [4.78, 5) is 12.9. The molecule has 162 valence electrons. The first-order valence-corrected chi connectivity index (χ1v) is 12.0. The first-order valence-electron chi connectivity index (χ1n) is 9.36. The number of hydrogen-bond donors (Lipinski definition) is 0. The zero-order chi connectivity index (χ0) is 22.7. The molecule has 32 heavy (non-hydrogen) atoms. The average Bonchev–Trinajstić information content (AvgIpc) is 3.49. The smallest absolute Gasteiger partial charge is 0.228 e. The van der Waals surface area contributed by atoms with E-state index in [-0.39, 0.29) is 26.9 Å². The molecular formula is C23H16O7S2. The molecule has 1 unspecified atom stereocenters. The zero-order valence-electron chi connectivity index (χ0n) is 16.4. The first kappa shape index (κ1) is 21.5. The largest absolute Gasteiger partial charge is 0.479 e. The van der Waals surface area contributed by atoms with Gasteiger partial charge in [0.15, 0.2) is 21.7 Å². The molecular weight excluding hydrogens is 452 g/mol. The number of ketones is 1. The maximum Gasteiger partial charge on any atom is 0.228 e. The predicted molar refractivity (Wildman–Crippen MR) is 118 cm³/mol. The lowest BCUT2D eigenvalue weighted by Gasteiger charge is -2.16. The van der Waals surface area contributed by atoms with Gasteiger partial charge in [-0.2, -0.15) is 8.42 Å². The molecule has 1 aromatic heterocycles. The van der Waals surface area contributed by atoms with Gasteiger partial charge in [0.1, 0.15) is 10.6 Å². The first-order chi connectivity index (χ1) is 15.4. The molecule has 0 saturated heterocycles. The fraction of sp³-hybridized carbons (Fsp3) is 0.0435. The van der Waals surface area contributed by atoms with E-state index in [9.17, 15) is 21.6 Å². The van der Waals surface area contributed by atoms with E-state index in [1.165, 1.54) is 36.6 Å². The van der Waals surface area contributed by atoms with Crippen LogP contribution < -0.4 is 0 Å². The van der Waals surface area contributed by atoms with E-state index in [1.54, 1.807) is 48.5 Å². The van der Waals surface area contributed by atoms with Crippen LogP contribution in [-0.4, -0.2) is 33.6 Å². The molecule has 3 aromatic rings. The van der Waals surface area contributed by atoms with E-state index in [1.807, 2.05) is 0 Å². The van der Waals surface area contributed by atoms with Crippen LogP contribution in [0.4, 0.5) is 0 Å². The molecule has 0 bridgehead atoms. The Morgan fingerprint density at radius 1 is 0.906 bits per heavy atom. The molecule has 1 aliphatic rings. The topological polar surface area (TPSA) is 108 Å². The van der Waals surface area contributed by atoms with E-state index in [4.69, 9.17) is 9.15 Å². The van der Waals surface area contributed by atoms with Crippen LogP contribution in [0.2, 0.25) is 0 Å². The second-order valence-electron chi connectivity index (χ2n) is 6.75. The summed E-state index contributed by atoms with van der Waals surface area (Å²) in [6, 6.07) is 19.0. The molecule has 0 N–H and O–H groups in total. The van der Waals surface area contributed by atoms with E-state index in [0.717, 1.165) is 5.41 Å². The van der Waals surface area contributed by atoms with Gasteiger partial charge < -0.3 is 9.15 Å². The van der Waals surface area contributed by atoms with Crippen LogP contribution in [0.3, 0.4) is 0 Å². The summed E-state index contributed by atoms with van der Waals surface area (Å²) in [5, 5.41) is 0.743. The average molecular weight is 469 g/mol. The van der Waals surface area contributed by atoms with Crippen LogP contribution in [0, 0.1) is 0 Å². The van der Waals surface area contributed by atoms with Crippen molar-refractivity contribution < 1.29 is 30.8 Å². The lowest BCUT2D eigenvalue weighted by Crippen LogP contribution is -2.26. The molecule has 7 nitrogen and oxygen atoms in total. The van der Waals surface area contributed by atoms with Crippen molar-refractivity contribution in [2.75, 3.05) is 0 Å². The highest BCUT2D eigenvalue weighted by Crippen LogP contribution is 2.31. The number of carbonyl (C=O) groups excluding carboxylic acids is 1. The highest BCUT2D eigenvalue weighted by atomic mass is 32.2. The molecule has 0 aliphatic carbocycles. The number of furan rings is 1. The standard InChI is InChI=1S/C23H16O7S2/c24-22(19-12-7-13-29-19)18(15-32(27,28)17-10-5-2-6-11-17)23-21(31(25)26)14-20(30-23)16-8-3-1-4-9-16/h1-15,23H. The molecule has 1 aliphatic heterocycles. The summed E-state index contributed by atoms with van der Waals surface area (Å²) in [7, 11) is -6.88. The van der Waals surface area contributed by atoms with Gasteiger partial charge in [-0.25, -0.2) is 8.42 Å². The highest BCUT2D eigenvalue weighted by Gasteiger charge is 2.36. The molecule has 9 heteroatoms. The molecule has 0 amide bonds. The number of rotatable bonds is 6. The minimum absolute atomic E-state index is 0.0521. The molecule has 0 fully saturated rings. The number of benzene rings is 2. The third kappa shape index (κ3) is 4.34. The van der Waals surface area contributed by atoms with Crippen LogP contribution in [0.25, 0.3) is 5.76 Å². The second-order valence-corrected chi connectivity index (χ2v) is 9.49. The van der Waals surface area contributed by atoms with E-state index < -0.39 is 32.0 Å². The van der Waals surface area contributed by atoms with E-state index >= 15 is 0 Å². The van der Waals surface area contributed by atoms with Crippen LogP contribution in [0.5, 0.6) is 0 Å². The number of Topliss-reactive ketones (excluding diaryl/α,β-unsaturated/α-hetero) is 1. The molecule has 2 aromatic carbocycles. The summed E-state index contributed by atoms with van der Waals surface area (Å²) in [5.41, 5.74) is 0.193. The number of carbonyl (C=O) groups is 1. The quantitative estimate of drug-likeness (QED) is 0.310. The van der Waals surface area contributed by atoms with E-state index in [2.05, 4.69) is 0 Å². The van der Waals surface area contributed by atoms with Gasteiger partial charge in [-0.3, -0.25) is 4.79 Å². The Kier molecular flexibility index (Phi) is 5.93. The van der Waals surface area contributed by atoms with Gasteiger partial charge in [0.2, 0.25) is 16.1 Å². The summed E-state index contributed by atoms with van der Waals surface area (Å²) in [6.45, 7) is 0. The summed E-state index contributed by atoms with van der Waals surface area (Å²) in [6.07, 6.45) is 1.08. The lowest BCUT2D eigenvalue weighted by molar-refractivity contribution is 0.0982. The van der Waals surface area contributed by atoms with Gasteiger partial charge in [0, 0.05) is 17.0 Å². The molecule has 4 rings (SSSR count). The molecule has 0 saturated carbocycles. The zero-order valence-corrected chi connectivity index (χ0v) is 18.0. The normalized spacial score (nSPS) is 16.4. The van der Waals surface area contributed by atoms with Crippen molar-refractivity contribution >= 4 is 36.5 Å². The van der Waals surface area contributed by atoms with Gasteiger partial charge in [-0.1, -0.05) is 48.5 Å². The third-order valence-electron chi connectivity index (χ3n) is 4.67. The molecule has 0 radical (unpaired) electrons. The monoisotopic (exact) mass is 468 g/mol. The predicted octanol–water partition coefficient (Wildman–Crippen LogP) is 3.31. The fourth-order valence-electron chi connectivity index (χ4n) is 3.16. The van der Waals surface area contributed by atoms with Crippen molar-refractivity contribution in [1.29, 1.82) is 0 Å². The maximum absolute atomic E-state index is 13.2. The van der Waals surface area contributed by atoms with Crippen LogP contribution in [-0.2, 0) is 24.9 Å². The van der Waals surface area contributed by atoms with Crippen LogP contribution in [0.1, 0.15) is 16.1 Å². The van der Waals surface area contributed by atoms with Gasteiger partial charge in [0.25, 0.3) is 0 Å². The Bertz CT molecular complexity index is 1440. The van der Waals surface area contributed by atoms with Crippen molar-refractivity contribution in [1.82, 2.24) is 0 Å². The minimum atomic E-state index is -4.11. The second kappa shape index (κ2) is 8.81. The summed E-state index contributed by atoms with van der Waals surface area (Å²) < 4.78 is 60.9. The SMILES string of the molecule is O=C(C(=CS(=O)(=O)c1ccccc1)C1OC(c2ccccc2)=CC1=S(=O)=O)c1ccco1. The Hall–Kier alpha value is -3.69. The molecule has 1 atom stereocenters. The van der Waals surface area contributed by atoms with Crippen molar-refractivity contribution in [3.63, 3.8) is 0 Å². The summed E-state index contributed by atoms with van der Waals surface area (Å²) >= 11 is 0. The van der Waals surface area contributed by atoms with Crippen molar-refractivity contribution in [3.8, 4) is 0 Å². The minimum Gasteiger partial charge on any atom is -0.479 e. The lowest BCUT2D eigenvalue weighted by atomic mass is 10.0. The van der Waals surface area contributed by atoms with Gasteiger partial charge >= 0.3 is 0 Å². The van der Waals surface area contributed by atoms with Gasteiger partial charge in [-0.15, -0.1) is 0 Å². The third-order valence-corrected chi connectivity index (χ3v) is 6.88. The summed E-state index contributed by atoms with van der Waals surface area (Å²) in [5.74, 6) is -0.748. The van der Waals surface area contributed by atoms with Gasteiger partial charge in [0.05, 0.1) is 16.7 Å². The highest BCUT2D eigenvalue weighted by molar-refractivity contribution is 7.94. The van der Waals surface area contributed by atoms with Crippen LogP contribution in [0.15, 0.2) is 105 Å². The van der Waals surface area contributed by atoms with Gasteiger partial charge in [-0.05, 0) is 24.3 Å². The van der Waals surface area contributed by atoms with E-state index in [0.29, 0.717) is 5.56 Å². The molecule has 2 heterocycles. The fourth-order valence-corrected chi connectivity index (χ4v) is 4.95.